The van der Waals surface area contributed by atoms with Gasteiger partial charge in [-0.15, -0.1) is 0 Å². The van der Waals surface area contributed by atoms with Gasteiger partial charge in [0.15, 0.2) is 0 Å². The molecule has 0 aromatic heterocycles. The molecule has 1 fully saturated rings. The highest BCUT2D eigenvalue weighted by Crippen LogP contribution is 2.41. The monoisotopic (exact) mass is 356 g/mol. The van der Waals surface area contributed by atoms with E-state index >= 15 is 0 Å². The van der Waals surface area contributed by atoms with E-state index in [-0.39, 0.29) is 30.8 Å². The molecule has 3 nitrogen and oxygen atoms in total. The van der Waals surface area contributed by atoms with Gasteiger partial charge in [-0.1, -0.05) is 0 Å². The molecule has 1 aromatic rings. The highest BCUT2D eigenvalue weighted by atomic mass is 19.4. The van der Waals surface area contributed by atoms with Crippen LogP contribution in [0.25, 0.3) is 0 Å². The summed E-state index contributed by atoms with van der Waals surface area (Å²) in [4.78, 5) is 10.1. The summed E-state index contributed by atoms with van der Waals surface area (Å²) < 4.78 is 87.1. The number of alkyl halides is 6. The SMILES string of the molecule is O=COCC[C@H]1CC[C@@H](c2cc(C(F)(F)F)cc(C(F)(F)F)c2)O1. The van der Waals surface area contributed by atoms with Gasteiger partial charge in [-0.3, -0.25) is 4.79 Å². The van der Waals surface area contributed by atoms with Gasteiger partial charge in [0.25, 0.3) is 6.47 Å². The van der Waals surface area contributed by atoms with E-state index in [0.717, 1.165) is 0 Å². The van der Waals surface area contributed by atoms with Gasteiger partial charge in [0.05, 0.1) is 29.9 Å². The van der Waals surface area contributed by atoms with E-state index in [1.165, 1.54) is 0 Å². The lowest BCUT2D eigenvalue weighted by molar-refractivity contribution is -0.143. The fourth-order valence-corrected chi connectivity index (χ4v) is 2.58. The molecule has 0 unspecified atom stereocenters. The Bertz CT molecular complexity index is 549. The van der Waals surface area contributed by atoms with Crippen LogP contribution >= 0.6 is 0 Å². The van der Waals surface area contributed by atoms with Crippen LogP contribution in [-0.2, 0) is 26.6 Å². The van der Waals surface area contributed by atoms with Crippen molar-refractivity contribution in [1.82, 2.24) is 0 Å². The van der Waals surface area contributed by atoms with Crippen molar-refractivity contribution in [2.45, 2.75) is 43.8 Å². The second kappa shape index (κ2) is 7.00. The Hall–Kier alpha value is -1.77. The highest BCUT2D eigenvalue weighted by molar-refractivity contribution is 5.37. The molecule has 0 spiro atoms. The smallest absolute Gasteiger partial charge is 0.416 e. The third-order valence-corrected chi connectivity index (χ3v) is 3.72. The number of rotatable bonds is 5. The van der Waals surface area contributed by atoms with Crippen LogP contribution in [0, 0.1) is 0 Å². The van der Waals surface area contributed by atoms with Crippen LogP contribution < -0.4 is 0 Å². The summed E-state index contributed by atoms with van der Waals surface area (Å²) in [5, 5.41) is 0. The molecule has 1 aromatic carbocycles. The summed E-state index contributed by atoms with van der Waals surface area (Å²) in [6.45, 7) is 0.339. The van der Waals surface area contributed by atoms with Gasteiger partial charge in [-0.25, -0.2) is 0 Å². The zero-order valence-corrected chi connectivity index (χ0v) is 12.3. The van der Waals surface area contributed by atoms with E-state index in [9.17, 15) is 31.1 Å². The minimum Gasteiger partial charge on any atom is -0.468 e. The van der Waals surface area contributed by atoms with Crippen molar-refractivity contribution < 1.29 is 40.6 Å². The molecule has 0 amide bonds. The molecule has 1 aliphatic rings. The van der Waals surface area contributed by atoms with Crippen molar-refractivity contribution in [3.05, 3.63) is 34.9 Å². The summed E-state index contributed by atoms with van der Waals surface area (Å²) in [6.07, 6.45) is -9.90. The Labute approximate surface area is 133 Å². The van der Waals surface area contributed by atoms with Gasteiger partial charge in [0.1, 0.15) is 0 Å². The summed E-state index contributed by atoms with van der Waals surface area (Å²) in [7, 11) is 0. The highest BCUT2D eigenvalue weighted by Gasteiger charge is 2.38. The Morgan fingerprint density at radius 3 is 2.12 bits per heavy atom. The second-order valence-electron chi connectivity index (χ2n) is 5.42. The molecule has 1 aliphatic heterocycles. The van der Waals surface area contributed by atoms with Gasteiger partial charge < -0.3 is 9.47 Å². The molecule has 1 saturated heterocycles. The Morgan fingerprint density at radius 2 is 1.62 bits per heavy atom. The molecule has 2 rings (SSSR count). The number of hydrogen-bond donors (Lipinski definition) is 0. The van der Waals surface area contributed by atoms with E-state index in [4.69, 9.17) is 4.74 Å². The number of hydrogen-bond acceptors (Lipinski definition) is 3. The summed E-state index contributed by atoms with van der Waals surface area (Å²) in [5.41, 5.74) is -2.87. The van der Waals surface area contributed by atoms with E-state index in [1.807, 2.05) is 0 Å². The predicted octanol–water partition coefficient (Wildman–Crippen LogP) is 4.51. The molecule has 0 saturated carbocycles. The Kier molecular flexibility index (Phi) is 5.42. The van der Waals surface area contributed by atoms with Crippen LogP contribution in [0.5, 0.6) is 0 Å². The Morgan fingerprint density at radius 1 is 1.04 bits per heavy atom. The number of halogens is 6. The van der Waals surface area contributed by atoms with Crippen molar-refractivity contribution in [1.29, 1.82) is 0 Å². The van der Waals surface area contributed by atoms with E-state index in [1.54, 1.807) is 0 Å². The van der Waals surface area contributed by atoms with Crippen molar-refractivity contribution >= 4 is 6.47 Å². The quantitative estimate of drug-likeness (QED) is 0.442. The molecule has 0 N–H and O–H groups in total. The first-order valence-electron chi connectivity index (χ1n) is 7.11. The summed E-state index contributed by atoms with van der Waals surface area (Å²) in [6, 6.07) is 1.46. The zero-order valence-electron chi connectivity index (χ0n) is 12.3. The molecule has 0 aliphatic carbocycles. The minimum atomic E-state index is -4.88. The summed E-state index contributed by atoms with van der Waals surface area (Å²) in [5.74, 6) is 0. The largest absolute Gasteiger partial charge is 0.468 e. The lowest BCUT2D eigenvalue weighted by atomic mass is 9.99. The standard InChI is InChI=1S/C15H14F6O3/c16-14(17,18)10-5-9(6-11(7-10)15(19,20)21)13-2-1-12(24-13)3-4-23-8-22/h5-8,12-13H,1-4H2/t12-,13+/m1/s1. The lowest BCUT2D eigenvalue weighted by Crippen LogP contribution is -2.14. The molecule has 2 atom stereocenters. The van der Waals surface area contributed by atoms with Crippen molar-refractivity contribution in [3.63, 3.8) is 0 Å². The molecular weight excluding hydrogens is 342 g/mol. The van der Waals surface area contributed by atoms with Gasteiger partial charge in [0, 0.05) is 6.42 Å². The number of benzene rings is 1. The molecular formula is C15H14F6O3. The van der Waals surface area contributed by atoms with Crippen LogP contribution in [-0.4, -0.2) is 19.2 Å². The fraction of sp³-hybridized carbons (Fsp3) is 0.533. The molecule has 9 heteroatoms. The van der Waals surface area contributed by atoms with Crippen LogP contribution in [0.1, 0.15) is 42.1 Å². The van der Waals surface area contributed by atoms with E-state index in [2.05, 4.69) is 4.74 Å². The maximum atomic E-state index is 12.8. The van der Waals surface area contributed by atoms with Crippen molar-refractivity contribution in [2.75, 3.05) is 6.61 Å². The molecule has 0 radical (unpaired) electrons. The van der Waals surface area contributed by atoms with Gasteiger partial charge in [-0.05, 0) is 36.6 Å². The topological polar surface area (TPSA) is 35.5 Å². The molecule has 134 valence electrons. The van der Waals surface area contributed by atoms with Crippen LogP contribution in [0.15, 0.2) is 18.2 Å². The third kappa shape index (κ3) is 4.62. The normalized spacial score (nSPS) is 21.8. The fourth-order valence-electron chi connectivity index (χ4n) is 2.58. The van der Waals surface area contributed by atoms with Gasteiger partial charge in [-0.2, -0.15) is 26.3 Å². The van der Waals surface area contributed by atoms with Crippen LogP contribution in [0.3, 0.4) is 0 Å². The van der Waals surface area contributed by atoms with Gasteiger partial charge >= 0.3 is 12.4 Å². The number of carbonyl (C=O) groups is 1. The van der Waals surface area contributed by atoms with Crippen LogP contribution in [0.2, 0.25) is 0 Å². The maximum absolute atomic E-state index is 12.8. The number of ether oxygens (including phenoxy) is 2. The molecule has 0 bridgehead atoms. The molecule has 1 heterocycles. The first-order valence-corrected chi connectivity index (χ1v) is 7.11. The summed E-state index contributed by atoms with van der Waals surface area (Å²) >= 11 is 0. The lowest BCUT2D eigenvalue weighted by Gasteiger charge is -2.18. The van der Waals surface area contributed by atoms with Gasteiger partial charge in [0.2, 0.25) is 0 Å². The molecule has 24 heavy (non-hydrogen) atoms. The maximum Gasteiger partial charge on any atom is 0.416 e. The van der Waals surface area contributed by atoms with Crippen molar-refractivity contribution in [2.24, 2.45) is 0 Å². The minimum absolute atomic E-state index is 0.0806. The average Bonchev–Trinajstić information content (AvgIpc) is 2.94. The van der Waals surface area contributed by atoms with Crippen molar-refractivity contribution in [3.8, 4) is 0 Å². The predicted molar refractivity (Wildman–Crippen MR) is 69.9 cm³/mol. The first kappa shape index (κ1) is 18.6. The second-order valence-corrected chi connectivity index (χ2v) is 5.42. The number of carbonyl (C=O) groups excluding carboxylic acids is 1. The van der Waals surface area contributed by atoms with E-state index < -0.39 is 29.6 Å². The van der Waals surface area contributed by atoms with Crippen LogP contribution in [0.4, 0.5) is 26.3 Å². The zero-order chi connectivity index (χ0) is 18.0. The third-order valence-electron chi connectivity index (χ3n) is 3.72. The average molecular weight is 356 g/mol. The Balaban J connectivity index is 2.22. The first-order chi connectivity index (χ1) is 11.1. The van der Waals surface area contributed by atoms with E-state index in [0.29, 0.717) is 31.4 Å².